The topological polar surface area (TPSA) is 69.6 Å². The van der Waals surface area contributed by atoms with Crippen LogP contribution in [0.4, 0.5) is 4.79 Å². The van der Waals surface area contributed by atoms with E-state index in [1.54, 1.807) is 26.1 Å². The summed E-state index contributed by atoms with van der Waals surface area (Å²) < 4.78 is 0. The third-order valence-corrected chi connectivity index (χ3v) is 3.12. The molecule has 94 valence electrons. The molecule has 0 aromatic heterocycles. The Balaban J connectivity index is 2.53. The second kappa shape index (κ2) is 4.52. The summed E-state index contributed by atoms with van der Waals surface area (Å²) in [5.41, 5.74) is 1.42. The predicted octanol–water partition coefficient (Wildman–Crippen LogP) is 1.74. The van der Waals surface area contributed by atoms with Gasteiger partial charge in [-0.15, -0.1) is 0 Å². The Morgan fingerprint density at radius 1 is 1.33 bits per heavy atom. The van der Waals surface area contributed by atoms with Crippen LogP contribution in [0, 0.1) is 0 Å². The molecule has 2 amide bonds. The zero-order valence-corrected chi connectivity index (χ0v) is 10.2. The largest absolute Gasteiger partial charge is 0.478 e. The van der Waals surface area contributed by atoms with Crippen LogP contribution in [0.15, 0.2) is 41.6 Å². The number of carboxylic acid groups (broad SMARTS) is 1. The molecule has 0 saturated heterocycles. The van der Waals surface area contributed by atoms with E-state index in [0.29, 0.717) is 5.70 Å². The summed E-state index contributed by atoms with van der Waals surface area (Å²) in [6.45, 7) is 1.64. The zero-order chi connectivity index (χ0) is 13.3. The summed E-state index contributed by atoms with van der Waals surface area (Å²) in [7, 11) is 1.55. The molecule has 0 radical (unpaired) electrons. The van der Waals surface area contributed by atoms with Crippen molar-refractivity contribution in [3.63, 3.8) is 0 Å². The average Bonchev–Trinajstić information content (AvgIpc) is 2.36. The van der Waals surface area contributed by atoms with Gasteiger partial charge in [-0.05, 0) is 12.5 Å². The van der Waals surface area contributed by atoms with E-state index in [4.69, 9.17) is 0 Å². The average molecular weight is 246 g/mol. The smallest absolute Gasteiger partial charge is 0.335 e. The number of carbonyl (C=O) groups excluding carboxylic acids is 1. The van der Waals surface area contributed by atoms with Gasteiger partial charge >= 0.3 is 12.0 Å². The summed E-state index contributed by atoms with van der Waals surface area (Å²) >= 11 is 0. The molecule has 5 heteroatoms. The van der Waals surface area contributed by atoms with Crippen molar-refractivity contribution in [3.05, 3.63) is 47.2 Å². The highest BCUT2D eigenvalue weighted by atomic mass is 16.4. The fraction of sp³-hybridized carbons (Fsp3) is 0.231. The van der Waals surface area contributed by atoms with Crippen LogP contribution in [-0.4, -0.2) is 29.1 Å². The second-order valence-electron chi connectivity index (χ2n) is 4.16. The van der Waals surface area contributed by atoms with Crippen molar-refractivity contribution in [2.24, 2.45) is 0 Å². The number of hydrogen-bond acceptors (Lipinski definition) is 2. The SMILES string of the molecule is CC1=C(C(=O)O)[C@H](c2ccccc2)NC(=O)N1C. The van der Waals surface area contributed by atoms with Gasteiger partial charge in [-0.2, -0.15) is 0 Å². The van der Waals surface area contributed by atoms with E-state index in [-0.39, 0.29) is 11.6 Å². The van der Waals surface area contributed by atoms with Crippen molar-refractivity contribution in [1.82, 2.24) is 10.2 Å². The molecule has 5 nitrogen and oxygen atoms in total. The maximum atomic E-state index is 11.7. The van der Waals surface area contributed by atoms with E-state index in [0.717, 1.165) is 5.56 Å². The highest BCUT2D eigenvalue weighted by Crippen LogP contribution is 2.29. The molecule has 0 unspecified atom stereocenters. The van der Waals surface area contributed by atoms with Crippen LogP contribution < -0.4 is 5.32 Å². The van der Waals surface area contributed by atoms with Crippen molar-refractivity contribution >= 4 is 12.0 Å². The van der Waals surface area contributed by atoms with Crippen molar-refractivity contribution in [2.75, 3.05) is 7.05 Å². The predicted molar refractivity (Wildman–Crippen MR) is 65.8 cm³/mol. The molecule has 0 bridgehead atoms. The minimum absolute atomic E-state index is 0.198. The maximum absolute atomic E-state index is 11.7. The van der Waals surface area contributed by atoms with Gasteiger partial charge in [-0.1, -0.05) is 30.3 Å². The molecule has 1 aromatic rings. The van der Waals surface area contributed by atoms with Gasteiger partial charge in [-0.25, -0.2) is 9.59 Å². The van der Waals surface area contributed by atoms with Crippen LogP contribution >= 0.6 is 0 Å². The Morgan fingerprint density at radius 3 is 2.50 bits per heavy atom. The number of urea groups is 1. The highest BCUT2D eigenvalue weighted by Gasteiger charge is 2.33. The number of benzene rings is 1. The lowest BCUT2D eigenvalue weighted by molar-refractivity contribution is -0.133. The summed E-state index contributed by atoms with van der Waals surface area (Å²) in [4.78, 5) is 24.4. The zero-order valence-electron chi connectivity index (χ0n) is 10.2. The number of amides is 2. The molecule has 1 heterocycles. The number of hydrogen-bond donors (Lipinski definition) is 2. The maximum Gasteiger partial charge on any atom is 0.335 e. The van der Waals surface area contributed by atoms with Gasteiger partial charge in [-0.3, -0.25) is 0 Å². The van der Waals surface area contributed by atoms with Crippen LogP contribution in [0.3, 0.4) is 0 Å². The fourth-order valence-corrected chi connectivity index (χ4v) is 2.01. The van der Waals surface area contributed by atoms with Crippen LogP contribution in [0.1, 0.15) is 18.5 Å². The first-order valence-corrected chi connectivity index (χ1v) is 5.55. The summed E-state index contributed by atoms with van der Waals surface area (Å²) in [6.07, 6.45) is 0. The van der Waals surface area contributed by atoms with E-state index in [9.17, 15) is 14.7 Å². The molecule has 2 rings (SSSR count). The van der Waals surface area contributed by atoms with Crippen molar-refractivity contribution in [2.45, 2.75) is 13.0 Å². The number of nitrogens with zero attached hydrogens (tertiary/aromatic N) is 1. The van der Waals surface area contributed by atoms with Gasteiger partial charge in [0.15, 0.2) is 0 Å². The molecule has 0 spiro atoms. The fourth-order valence-electron chi connectivity index (χ4n) is 2.01. The van der Waals surface area contributed by atoms with Gasteiger partial charge < -0.3 is 15.3 Å². The number of carboxylic acids is 1. The van der Waals surface area contributed by atoms with Crippen LogP contribution in [0.2, 0.25) is 0 Å². The Kier molecular flexibility index (Phi) is 3.06. The lowest BCUT2D eigenvalue weighted by atomic mass is 9.95. The molecular weight excluding hydrogens is 232 g/mol. The molecule has 0 aliphatic carbocycles. The molecule has 1 aliphatic rings. The number of aliphatic carboxylic acids is 1. The molecule has 0 saturated carbocycles. The van der Waals surface area contributed by atoms with Crippen LogP contribution in [0.5, 0.6) is 0 Å². The van der Waals surface area contributed by atoms with E-state index < -0.39 is 12.0 Å². The van der Waals surface area contributed by atoms with Crippen LogP contribution in [0.25, 0.3) is 0 Å². The first-order chi connectivity index (χ1) is 8.52. The van der Waals surface area contributed by atoms with Crippen molar-refractivity contribution in [3.8, 4) is 0 Å². The first kappa shape index (κ1) is 12.2. The normalized spacial score (nSPS) is 19.8. The Hall–Kier alpha value is -2.30. The quantitative estimate of drug-likeness (QED) is 0.835. The van der Waals surface area contributed by atoms with Gasteiger partial charge in [0.1, 0.15) is 0 Å². The van der Waals surface area contributed by atoms with Crippen molar-refractivity contribution < 1.29 is 14.7 Å². The Labute approximate surface area is 105 Å². The Morgan fingerprint density at radius 2 is 1.94 bits per heavy atom. The highest BCUT2D eigenvalue weighted by molar-refractivity contribution is 5.93. The number of allylic oxidation sites excluding steroid dienone is 1. The molecule has 0 fully saturated rings. The second-order valence-corrected chi connectivity index (χ2v) is 4.16. The molecule has 2 N–H and O–H groups in total. The molecule has 1 atom stereocenters. The Bertz CT molecular complexity index is 522. The van der Waals surface area contributed by atoms with Crippen molar-refractivity contribution in [1.29, 1.82) is 0 Å². The summed E-state index contributed by atoms with van der Waals surface area (Å²) in [6, 6.07) is 8.17. The van der Waals surface area contributed by atoms with E-state index >= 15 is 0 Å². The first-order valence-electron chi connectivity index (χ1n) is 5.55. The van der Waals surface area contributed by atoms with Gasteiger partial charge in [0.05, 0.1) is 11.6 Å². The van der Waals surface area contributed by atoms with Gasteiger partial charge in [0.2, 0.25) is 0 Å². The minimum Gasteiger partial charge on any atom is -0.478 e. The standard InChI is InChI=1S/C13H14N2O3/c1-8-10(12(16)17)11(14-13(18)15(8)2)9-6-4-3-5-7-9/h3-7,11H,1-2H3,(H,14,18)(H,16,17)/t11-/m0/s1. The molecule has 18 heavy (non-hydrogen) atoms. The third kappa shape index (κ3) is 1.95. The molecule has 1 aromatic carbocycles. The third-order valence-electron chi connectivity index (χ3n) is 3.12. The summed E-state index contributed by atoms with van der Waals surface area (Å²) in [5.74, 6) is -1.02. The number of rotatable bonds is 2. The van der Waals surface area contributed by atoms with E-state index in [1.165, 1.54) is 4.90 Å². The monoisotopic (exact) mass is 246 g/mol. The minimum atomic E-state index is -1.02. The summed E-state index contributed by atoms with van der Waals surface area (Å²) in [5, 5.41) is 12.0. The lowest BCUT2D eigenvalue weighted by Crippen LogP contribution is -2.45. The van der Waals surface area contributed by atoms with E-state index in [1.807, 2.05) is 18.2 Å². The van der Waals surface area contributed by atoms with Gasteiger partial charge in [0.25, 0.3) is 0 Å². The lowest BCUT2D eigenvalue weighted by Gasteiger charge is -2.32. The van der Waals surface area contributed by atoms with Gasteiger partial charge in [0, 0.05) is 12.7 Å². The van der Waals surface area contributed by atoms with E-state index in [2.05, 4.69) is 5.32 Å². The van der Waals surface area contributed by atoms with Crippen LogP contribution in [-0.2, 0) is 4.79 Å². The molecular formula is C13H14N2O3. The molecule has 1 aliphatic heterocycles. The number of nitrogens with one attached hydrogen (secondary N) is 1. The number of carbonyl (C=O) groups is 2.